The van der Waals surface area contributed by atoms with E-state index in [-0.39, 0.29) is 11.9 Å². The van der Waals surface area contributed by atoms with Crippen molar-refractivity contribution in [3.05, 3.63) is 65.4 Å². The van der Waals surface area contributed by atoms with Crippen molar-refractivity contribution < 1.29 is 4.79 Å². The van der Waals surface area contributed by atoms with Gasteiger partial charge in [0.1, 0.15) is 0 Å². The summed E-state index contributed by atoms with van der Waals surface area (Å²) in [7, 11) is 0. The van der Waals surface area contributed by atoms with Gasteiger partial charge in [0.05, 0.1) is 6.04 Å². The van der Waals surface area contributed by atoms with E-state index in [1.54, 1.807) is 6.92 Å². The number of aryl methyl sites for hydroxylation is 1. The third kappa shape index (κ3) is 1.62. The molecule has 1 aliphatic carbocycles. The number of H-pyrrole nitrogens is 1. The van der Waals surface area contributed by atoms with E-state index in [1.165, 1.54) is 27.7 Å². The number of hydrogen-bond acceptors (Lipinski definition) is 1. The summed E-state index contributed by atoms with van der Waals surface area (Å²) in [5, 5.41) is 1.31. The molecule has 0 spiro atoms. The molecule has 2 aliphatic rings. The van der Waals surface area contributed by atoms with Gasteiger partial charge < -0.3 is 9.88 Å². The van der Waals surface area contributed by atoms with Crippen LogP contribution in [0.5, 0.6) is 0 Å². The number of aromatic nitrogens is 1. The number of carbonyl (C=O) groups is 1. The Balaban J connectivity index is 1.77. The molecule has 0 fully saturated rings. The average molecular weight is 302 g/mol. The Kier molecular flexibility index (Phi) is 2.52. The molecule has 0 radical (unpaired) electrons. The molecular formula is C20H18N2O. The van der Waals surface area contributed by atoms with Gasteiger partial charge in [0.25, 0.3) is 0 Å². The second kappa shape index (κ2) is 4.48. The lowest BCUT2D eigenvalue weighted by molar-refractivity contribution is -0.117. The zero-order chi connectivity index (χ0) is 15.6. The summed E-state index contributed by atoms with van der Waals surface area (Å²) < 4.78 is 0. The van der Waals surface area contributed by atoms with Crippen molar-refractivity contribution in [2.75, 3.05) is 4.90 Å². The van der Waals surface area contributed by atoms with Crippen LogP contribution in [-0.4, -0.2) is 10.9 Å². The number of hydrogen-bond donors (Lipinski definition) is 1. The number of nitrogens with one attached hydrogen (secondary N) is 1. The molecule has 2 heterocycles. The molecule has 1 N–H and O–H groups in total. The van der Waals surface area contributed by atoms with Gasteiger partial charge in [-0.1, -0.05) is 36.4 Å². The maximum Gasteiger partial charge on any atom is 0.224 e. The number of para-hydroxylation sites is 2. The van der Waals surface area contributed by atoms with E-state index in [4.69, 9.17) is 0 Å². The fraction of sp³-hybridized carbons (Fsp3) is 0.250. The minimum Gasteiger partial charge on any atom is -0.356 e. The normalized spacial score (nSPS) is 21.9. The predicted molar refractivity (Wildman–Crippen MR) is 91.7 cm³/mol. The number of anilines is 1. The average Bonchev–Trinajstić information content (AvgIpc) is 3.10. The van der Waals surface area contributed by atoms with Crippen LogP contribution in [0.3, 0.4) is 0 Å². The van der Waals surface area contributed by atoms with Crippen LogP contribution in [0.1, 0.15) is 42.1 Å². The molecule has 2 aromatic carbocycles. The molecule has 1 amide bonds. The Hall–Kier alpha value is -2.55. The lowest BCUT2D eigenvalue weighted by Gasteiger charge is -2.31. The third-order valence-electron chi connectivity index (χ3n) is 5.44. The quantitative estimate of drug-likeness (QED) is 0.660. The van der Waals surface area contributed by atoms with Gasteiger partial charge in [-0.2, -0.15) is 0 Å². The van der Waals surface area contributed by atoms with Crippen molar-refractivity contribution in [1.82, 2.24) is 4.98 Å². The maximum absolute atomic E-state index is 12.4. The Morgan fingerprint density at radius 1 is 1.13 bits per heavy atom. The topological polar surface area (TPSA) is 36.1 Å². The first kappa shape index (κ1) is 12.9. The van der Waals surface area contributed by atoms with E-state index < -0.39 is 0 Å². The molecule has 3 aromatic rings. The smallest absolute Gasteiger partial charge is 0.224 e. The number of aromatic amines is 1. The van der Waals surface area contributed by atoms with Crippen LogP contribution in [0, 0.1) is 0 Å². The zero-order valence-electron chi connectivity index (χ0n) is 13.0. The fourth-order valence-electron chi connectivity index (χ4n) is 4.57. The summed E-state index contributed by atoms with van der Waals surface area (Å²) >= 11 is 0. The SMILES string of the molecule is CC(=O)N1c2ccccc2[C@H]2CCc3c([nH]c4ccccc34)[C@H]21. The van der Waals surface area contributed by atoms with Crippen LogP contribution < -0.4 is 4.90 Å². The number of rotatable bonds is 0. The summed E-state index contributed by atoms with van der Waals surface area (Å²) in [6.07, 6.45) is 2.17. The largest absolute Gasteiger partial charge is 0.356 e. The number of nitrogens with zero attached hydrogens (tertiary/aromatic N) is 1. The van der Waals surface area contributed by atoms with Crippen LogP contribution in [-0.2, 0) is 11.2 Å². The highest BCUT2D eigenvalue weighted by Gasteiger charge is 2.45. The summed E-state index contributed by atoms with van der Waals surface area (Å²) in [6.45, 7) is 1.68. The lowest BCUT2D eigenvalue weighted by atomic mass is 9.81. The van der Waals surface area contributed by atoms with Gasteiger partial charge in [-0.05, 0) is 36.1 Å². The minimum atomic E-state index is 0.112. The number of carbonyl (C=O) groups excluding carboxylic acids is 1. The van der Waals surface area contributed by atoms with Crippen LogP contribution in [0.15, 0.2) is 48.5 Å². The molecule has 23 heavy (non-hydrogen) atoms. The molecule has 114 valence electrons. The van der Waals surface area contributed by atoms with Gasteiger partial charge in [-0.3, -0.25) is 4.79 Å². The van der Waals surface area contributed by atoms with Crippen molar-refractivity contribution >= 4 is 22.5 Å². The highest BCUT2D eigenvalue weighted by Crippen LogP contribution is 2.54. The molecular weight excluding hydrogens is 284 g/mol. The number of benzene rings is 2. The molecule has 1 aromatic heterocycles. The van der Waals surface area contributed by atoms with Crippen LogP contribution in [0.4, 0.5) is 5.69 Å². The van der Waals surface area contributed by atoms with Crippen molar-refractivity contribution in [1.29, 1.82) is 0 Å². The summed E-state index contributed by atoms with van der Waals surface area (Å²) in [5.74, 6) is 0.520. The fourth-order valence-corrected chi connectivity index (χ4v) is 4.57. The Morgan fingerprint density at radius 2 is 1.91 bits per heavy atom. The minimum absolute atomic E-state index is 0.112. The molecule has 0 saturated heterocycles. The van der Waals surface area contributed by atoms with E-state index in [2.05, 4.69) is 47.4 Å². The van der Waals surface area contributed by atoms with Crippen LogP contribution in [0.2, 0.25) is 0 Å². The molecule has 0 bridgehead atoms. The second-order valence-corrected chi connectivity index (χ2v) is 6.60. The Morgan fingerprint density at radius 3 is 2.78 bits per heavy atom. The highest BCUT2D eigenvalue weighted by molar-refractivity contribution is 5.96. The van der Waals surface area contributed by atoms with Crippen molar-refractivity contribution in [3.63, 3.8) is 0 Å². The standard InChI is InChI=1S/C20H18N2O/c1-12(23)22-18-9-5-3-7-14(18)16-11-10-15-13-6-2-4-8-17(13)21-19(15)20(16)22/h2-9,16,20-21H,10-11H2,1H3/t16-,20+/m1/s1. The first-order chi connectivity index (χ1) is 11.3. The van der Waals surface area contributed by atoms with Crippen LogP contribution >= 0.6 is 0 Å². The summed E-state index contributed by atoms with van der Waals surface area (Å²) in [5.41, 5.74) is 6.20. The molecule has 1 aliphatic heterocycles. The van der Waals surface area contributed by atoms with Gasteiger partial charge in [0.2, 0.25) is 5.91 Å². The molecule has 5 rings (SSSR count). The van der Waals surface area contributed by atoms with E-state index in [1.807, 2.05) is 11.0 Å². The summed E-state index contributed by atoms with van der Waals surface area (Å²) in [6, 6.07) is 17.0. The van der Waals surface area contributed by atoms with E-state index in [0.29, 0.717) is 5.92 Å². The third-order valence-corrected chi connectivity index (χ3v) is 5.44. The highest BCUT2D eigenvalue weighted by atomic mass is 16.2. The van der Waals surface area contributed by atoms with Crippen LogP contribution in [0.25, 0.3) is 10.9 Å². The maximum atomic E-state index is 12.4. The molecule has 0 unspecified atom stereocenters. The van der Waals surface area contributed by atoms with Gasteiger partial charge >= 0.3 is 0 Å². The first-order valence-corrected chi connectivity index (χ1v) is 8.24. The number of amides is 1. The van der Waals surface area contributed by atoms with E-state index >= 15 is 0 Å². The van der Waals surface area contributed by atoms with Crippen molar-refractivity contribution in [3.8, 4) is 0 Å². The Bertz CT molecular complexity index is 940. The second-order valence-electron chi connectivity index (χ2n) is 6.60. The predicted octanol–water partition coefficient (Wildman–Crippen LogP) is 4.31. The van der Waals surface area contributed by atoms with Gasteiger partial charge in [0.15, 0.2) is 0 Å². The van der Waals surface area contributed by atoms with Gasteiger partial charge in [-0.25, -0.2) is 0 Å². The Labute approximate surface area is 134 Å². The van der Waals surface area contributed by atoms with E-state index in [9.17, 15) is 4.79 Å². The van der Waals surface area contributed by atoms with Gasteiger partial charge in [0, 0.05) is 35.1 Å². The van der Waals surface area contributed by atoms with Gasteiger partial charge in [-0.15, -0.1) is 0 Å². The molecule has 2 atom stereocenters. The molecule has 3 heteroatoms. The first-order valence-electron chi connectivity index (χ1n) is 8.24. The van der Waals surface area contributed by atoms with E-state index in [0.717, 1.165) is 18.5 Å². The zero-order valence-corrected chi connectivity index (χ0v) is 13.0. The monoisotopic (exact) mass is 302 g/mol. The molecule has 3 nitrogen and oxygen atoms in total. The molecule has 0 saturated carbocycles. The number of fused-ring (bicyclic) bond motifs is 7. The van der Waals surface area contributed by atoms with Crippen molar-refractivity contribution in [2.45, 2.75) is 31.7 Å². The van der Waals surface area contributed by atoms with Crippen molar-refractivity contribution in [2.24, 2.45) is 0 Å². The summed E-state index contributed by atoms with van der Waals surface area (Å²) in [4.78, 5) is 18.0. The lowest BCUT2D eigenvalue weighted by Crippen LogP contribution is -2.33.